The van der Waals surface area contributed by atoms with Gasteiger partial charge >= 0.3 is 5.97 Å². The molecule has 150 valence electrons. The van der Waals surface area contributed by atoms with Gasteiger partial charge in [-0.05, 0) is 18.2 Å². The Bertz CT molecular complexity index is 984. The van der Waals surface area contributed by atoms with E-state index >= 15 is 0 Å². The standard InChI is InChI=1S/C21H20N2O6/c1-26-17-10-8-15(12-18(17)27-2)21-22-19(29-23-21)13-28-20(25)11-9-16(24)14-6-4-3-5-7-14/h3-8,10,12H,9,11,13H2,1-2H3. The van der Waals surface area contributed by atoms with Gasteiger partial charge in [-0.15, -0.1) is 0 Å². The van der Waals surface area contributed by atoms with Gasteiger partial charge in [-0.2, -0.15) is 4.98 Å². The van der Waals surface area contributed by atoms with E-state index in [9.17, 15) is 9.59 Å². The van der Waals surface area contributed by atoms with Gasteiger partial charge in [-0.1, -0.05) is 35.5 Å². The predicted octanol–water partition coefficient (Wildman–Crippen LogP) is 3.46. The van der Waals surface area contributed by atoms with Crippen molar-refractivity contribution in [1.29, 1.82) is 0 Å². The molecule has 0 aliphatic rings. The zero-order valence-electron chi connectivity index (χ0n) is 16.1. The molecule has 0 unspecified atom stereocenters. The van der Waals surface area contributed by atoms with Crippen LogP contribution in [0, 0.1) is 0 Å². The van der Waals surface area contributed by atoms with E-state index in [1.165, 1.54) is 7.11 Å². The number of benzene rings is 2. The molecule has 0 saturated heterocycles. The number of carbonyl (C=O) groups excluding carboxylic acids is 2. The number of rotatable bonds is 9. The van der Waals surface area contributed by atoms with Gasteiger partial charge in [0.25, 0.3) is 5.89 Å². The lowest BCUT2D eigenvalue weighted by molar-refractivity contribution is -0.145. The van der Waals surface area contributed by atoms with Gasteiger partial charge in [-0.3, -0.25) is 9.59 Å². The number of esters is 1. The van der Waals surface area contributed by atoms with Crippen LogP contribution in [-0.2, 0) is 16.1 Å². The third-order valence-corrected chi connectivity index (χ3v) is 4.12. The first kappa shape index (κ1) is 20.1. The Kier molecular flexibility index (Phi) is 6.57. The van der Waals surface area contributed by atoms with E-state index in [-0.39, 0.29) is 31.1 Å². The first-order chi connectivity index (χ1) is 14.1. The van der Waals surface area contributed by atoms with E-state index in [0.29, 0.717) is 28.5 Å². The van der Waals surface area contributed by atoms with Crippen molar-refractivity contribution in [3.8, 4) is 22.9 Å². The van der Waals surface area contributed by atoms with Gasteiger partial charge in [0.2, 0.25) is 5.82 Å². The molecule has 3 aromatic rings. The molecule has 3 rings (SSSR count). The number of methoxy groups -OCH3 is 2. The largest absolute Gasteiger partial charge is 0.493 e. The fourth-order valence-corrected chi connectivity index (χ4v) is 2.60. The lowest BCUT2D eigenvalue weighted by Crippen LogP contribution is -2.08. The first-order valence-electron chi connectivity index (χ1n) is 8.89. The minimum Gasteiger partial charge on any atom is -0.493 e. The third-order valence-electron chi connectivity index (χ3n) is 4.12. The lowest BCUT2D eigenvalue weighted by atomic mass is 10.1. The molecule has 0 saturated carbocycles. The summed E-state index contributed by atoms with van der Waals surface area (Å²) in [4.78, 5) is 28.1. The maximum atomic E-state index is 12.0. The summed E-state index contributed by atoms with van der Waals surface area (Å²) in [6, 6.07) is 14.0. The molecule has 0 spiro atoms. The molecule has 0 atom stereocenters. The number of ether oxygens (including phenoxy) is 3. The molecule has 0 amide bonds. The lowest BCUT2D eigenvalue weighted by Gasteiger charge is -2.07. The van der Waals surface area contributed by atoms with Crippen molar-refractivity contribution in [2.24, 2.45) is 0 Å². The Labute approximate surface area is 167 Å². The van der Waals surface area contributed by atoms with Gasteiger partial charge in [0.15, 0.2) is 23.9 Å². The number of carbonyl (C=O) groups is 2. The average Bonchev–Trinajstić information content (AvgIpc) is 3.25. The molecule has 1 heterocycles. The van der Waals surface area contributed by atoms with Crippen LogP contribution < -0.4 is 9.47 Å². The second-order valence-corrected chi connectivity index (χ2v) is 6.03. The molecule has 8 nitrogen and oxygen atoms in total. The summed E-state index contributed by atoms with van der Waals surface area (Å²) < 4.78 is 20.7. The van der Waals surface area contributed by atoms with Crippen molar-refractivity contribution >= 4 is 11.8 Å². The van der Waals surface area contributed by atoms with Gasteiger partial charge in [0.1, 0.15) is 0 Å². The van der Waals surface area contributed by atoms with Crippen molar-refractivity contribution in [1.82, 2.24) is 10.1 Å². The maximum Gasteiger partial charge on any atom is 0.306 e. The molecule has 0 bridgehead atoms. The predicted molar refractivity (Wildman–Crippen MR) is 103 cm³/mol. The molecule has 8 heteroatoms. The highest BCUT2D eigenvalue weighted by Gasteiger charge is 2.14. The summed E-state index contributed by atoms with van der Waals surface area (Å²) in [6.07, 6.45) is 0.0496. The fraction of sp³-hybridized carbons (Fsp3) is 0.238. The molecule has 0 N–H and O–H groups in total. The summed E-state index contributed by atoms with van der Waals surface area (Å²) in [5.74, 6) is 0.967. The molecular weight excluding hydrogens is 376 g/mol. The smallest absolute Gasteiger partial charge is 0.306 e. The van der Waals surface area contributed by atoms with E-state index in [4.69, 9.17) is 18.7 Å². The molecule has 2 aromatic carbocycles. The number of nitrogens with zero attached hydrogens (tertiary/aromatic N) is 2. The molecule has 29 heavy (non-hydrogen) atoms. The second kappa shape index (κ2) is 9.50. The van der Waals surface area contributed by atoms with E-state index in [2.05, 4.69) is 10.1 Å². The van der Waals surface area contributed by atoms with Crippen LogP contribution in [0.15, 0.2) is 53.1 Å². The van der Waals surface area contributed by atoms with Gasteiger partial charge in [-0.25, -0.2) is 0 Å². The quantitative estimate of drug-likeness (QED) is 0.400. The Balaban J connectivity index is 1.52. The summed E-state index contributed by atoms with van der Waals surface area (Å²) in [5, 5.41) is 3.88. The van der Waals surface area contributed by atoms with E-state index in [1.807, 2.05) is 6.07 Å². The van der Waals surface area contributed by atoms with Crippen LogP contribution in [0.4, 0.5) is 0 Å². The number of hydrogen-bond donors (Lipinski definition) is 0. The highest BCUT2D eigenvalue weighted by molar-refractivity contribution is 5.97. The average molecular weight is 396 g/mol. The van der Waals surface area contributed by atoms with Crippen LogP contribution in [0.1, 0.15) is 29.1 Å². The van der Waals surface area contributed by atoms with Crippen molar-refractivity contribution < 1.29 is 28.3 Å². The number of Topliss-reactive ketones (excluding diaryl/α,β-unsaturated/α-hetero) is 1. The highest BCUT2D eigenvalue weighted by atomic mass is 16.6. The van der Waals surface area contributed by atoms with Crippen molar-refractivity contribution in [3.63, 3.8) is 0 Å². The number of ketones is 1. The van der Waals surface area contributed by atoms with Crippen LogP contribution >= 0.6 is 0 Å². The van der Waals surface area contributed by atoms with Crippen molar-refractivity contribution in [2.45, 2.75) is 19.4 Å². The minimum absolute atomic E-state index is 0.0234. The Morgan fingerprint density at radius 2 is 1.72 bits per heavy atom. The zero-order valence-corrected chi connectivity index (χ0v) is 16.1. The summed E-state index contributed by atoms with van der Waals surface area (Å²) >= 11 is 0. The molecule has 0 aliphatic carbocycles. The first-order valence-corrected chi connectivity index (χ1v) is 8.89. The molecule has 0 aliphatic heterocycles. The van der Waals surface area contributed by atoms with Crippen LogP contribution in [0.5, 0.6) is 11.5 Å². The topological polar surface area (TPSA) is 101 Å². The Hall–Kier alpha value is -3.68. The molecule has 0 radical (unpaired) electrons. The zero-order chi connectivity index (χ0) is 20.6. The SMILES string of the molecule is COc1ccc(-c2noc(COC(=O)CCC(=O)c3ccccc3)n2)cc1OC. The van der Waals surface area contributed by atoms with Gasteiger partial charge < -0.3 is 18.7 Å². The van der Waals surface area contributed by atoms with Gasteiger partial charge in [0.05, 0.1) is 20.6 Å². The third kappa shape index (κ3) is 5.19. The van der Waals surface area contributed by atoms with Crippen LogP contribution in [0.25, 0.3) is 11.4 Å². The van der Waals surface area contributed by atoms with Crippen LogP contribution in [-0.4, -0.2) is 36.1 Å². The minimum atomic E-state index is -0.514. The normalized spacial score (nSPS) is 10.4. The maximum absolute atomic E-state index is 12.0. The summed E-state index contributed by atoms with van der Waals surface area (Å²) in [5.41, 5.74) is 1.23. The van der Waals surface area contributed by atoms with Crippen LogP contribution in [0.3, 0.4) is 0 Å². The Morgan fingerprint density at radius 1 is 0.966 bits per heavy atom. The summed E-state index contributed by atoms with van der Waals surface area (Å²) in [7, 11) is 3.08. The monoisotopic (exact) mass is 396 g/mol. The highest BCUT2D eigenvalue weighted by Crippen LogP contribution is 2.31. The van der Waals surface area contributed by atoms with Crippen LogP contribution in [0.2, 0.25) is 0 Å². The van der Waals surface area contributed by atoms with E-state index in [0.717, 1.165) is 0 Å². The Morgan fingerprint density at radius 3 is 2.45 bits per heavy atom. The van der Waals surface area contributed by atoms with Gasteiger partial charge in [0, 0.05) is 17.5 Å². The molecule has 0 fully saturated rings. The molecular formula is C21H20N2O6. The number of aromatic nitrogens is 2. The van der Waals surface area contributed by atoms with E-state index < -0.39 is 5.97 Å². The molecule has 1 aromatic heterocycles. The van der Waals surface area contributed by atoms with Crippen molar-refractivity contribution in [3.05, 3.63) is 60.0 Å². The summed E-state index contributed by atoms with van der Waals surface area (Å²) in [6.45, 7) is -0.168. The van der Waals surface area contributed by atoms with E-state index in [1.54, 1.807) is 49.6 Å². The number of hydrogen-bond acceptors (Lipinski definition) is 8. The van der Waals surface area contributed by atoms with Crippen molar-refractivity contribution in [2.75, 3.05) is 14.2 Å². The fourth-order valence-electron chi connectivity index (χ4n) is 2.60. The second-order valence-electron chi connectivity index (χ2n) is 6.03.